The van der Waals surface area contributed by atoms with Crippen molar-refractivity contribution in [1.82, 2.24) is 20.1 Å². The van der Waals surface area contributed by atoms with Crippen molar-refractivity contribution in [2.45, 2.75) is 63.1 Å². The highest BCUT2D eigenvalue weighted by Gasteiger charge is 2.40. The molecule has 5 nitrogen and oxygen atoms in total. The van der Waals surface area contributed by atoms with E-state index in [9.17, 15) is 0 Å². The van der Waals surface area contributed by atoms with Crippen LogP contribution in [0.1, 0.15) is 57.3 Å². The van der Waals surface area contributed by atoms with Crippen LogP contribution in [-0.4, -0.2) is 33.0 Å². The molecule has 1 N–H and O–H groups in total. The summed E-state index contributed by atoms with van der Waals surface area (Å²) < 4.78 is 8.07. The summed E-state index contributed by atoms with van der Waals surface area (Å²) in [5.41, 5.74) is 0.176. The lowest BCUT2D eigenvalue weighted by atomic mass is 9.88. The molecule has 3 rings (SSSR count). The maximum atomic E-state index is 6.08. The summed E-state index contributed by atoms with van der Waals surface area (Å²) in [6.45, 7) is 3.06. The molecule has 5 heteroatoms. The summed E-state index contributed by atoms with van der Waals surface area (Å²) in [4.78, 5) is 0. The van der Waals surface area contributed by atoms with Gasteiger partial charge in [0.25, 0.3) is 0 Å². The molecule has 1 aromatic rings. The summed E-state index contributed by atoms with van der Waals surface area (Å²) in [6.07, 6.45) is 9.14. The molecule has 1 aliphatic carbocycles. The molecule has 106 valence electrons. The second-order valence-corrected chi connectivity index (χ2v) is 6.12. The lowest BCUT2D eigenvalue weighted by Gasteiger charge is -2.39. The average Bonchev–Trinajstić information content (AvgIpc) is 2.99. The number of nitrogens with zero attached hydrogens (tertiary/aromatic N) is 3. The van der Waals surface area contributed by atoms with Crippen LogP contribution in [0.5, 0.6) is 0 Å². The van der Waals surface area contributed by atoms with E-state index in [4.69, 9.17) is 4.74 Å². The van der Waals surface area contributed by atoms with Gasteiger partial charge in [0.1, 0.15) is 12.2 Å². The third kappa shape index (κ3) is 2.67. The Balaban J connectivity index is 1.62. The number of rotatable bonds is 3. The summed E-state index contributed by atoms with van der Waals surface area (Å²) >= 11 is 0. The Kier molecular flexibility index (Phi) is 3.58. The van der Waals surface area contributed by atoms with E-state index in [0.717, 1.165) is 25.3 Å². The van der Waals surface area contributed by atoms with Crippen LogP contribution in [0, 0.1) is 0 Å². The molecule has 2 fully saturated rings. The number of aromatic nitrogens is 3. The van der Waals surface area contributed by atoms with Gasteiger partial charge in [0, 0.05) is 19.7 Å². The van der Waals surface area contributed by atoms with Crippen molar-refractivity contribution in [2.24, 2.45) is 7.05 Å². The number of hydrogen-bond acceptors (Lipinski definition) is 4. The third-order valence-corrected chi connectivity index (χ3v) is 4.63. The molecule has 1 saturated heterocycles. The van der Waals surface area contributed by atoms with Gasteiger partial charge >= 0.3 is 0 Å². The minimum Gasteiger partial charge on any atom is -0.375 e. The van der Waals surface area contributed by atoms with Gasteiger partial charge in [0.05, 0.1) is 11.6 Å². The molecule has 1 aromatic heterocycles. The predicted octanol–water partition coefficient (Wildman–Crippen LogP) is 1.96. The van der Waals surface area contributed by atoms with Gasteiger partial charge < -0.3 is 14.6 Å². The summed E-state index contributed by atoms with van der Waals surface area (Å²) in [5.74, 6) is 1.01. The van der Waals surface area contributed by atoms with E-state index in [1.165, 1.54) is 25.7 Å². The molecule has 2 heterocycles. The molecule has 1 aliphatic heterocycles. The molecule has 0 radical (unpaired) electrons. The maximum absolute atomic E-state index is 6.08. The van der Waals surface area contributed by atoms with Crippen LogP contribution in [0.25, 0.3) is 0 Å². The molecule has 1 spiro atoms. The van der Waals surface area contributed by atoms with Gasteiger partial charge in [-0.1, -0.05) is 12.8 Å². The van der Waals surface area contributed by atoms with Gasteiger partial charge in [-0.25, -0.2) is 0 Å². The van der Waals surface area contributed by atoms with Crippen LogP contribution in [0.15, 0.2) is 6.33 Å². The smallest absolute Gasteiger partial charge is 0.149 e. The Morgan fingerprint density at radius 3 is 2.95 bits per heavy atom. The zero-order valence-electron chi connectivity index (χ0n) is 11.9. The third-order valence-electron chi connectivity index (χ3n) is 4.63. The van der Waals surface area contributed by atoms with Crippen LogP contribution in [0.3, 0.4) is 0 Å². The van der Waals surface area contributed by atoms with Gasteiger partial charge in [0.15, 0.2) is 0 Å². The summed E-state index contributed by atoms with van der Waals surface area (Å²) in [7, 11) is 2.00. The zero-order valence-corrected chi connectivity index (χ0v) is 11.9. The average molecular weight is 264 g/mol. The first kappa shape index (κ1) is 13.1. The monoisotopic (exact) mass is 264 g/mol. The van der Waals surface area contributed by atoms with Gasteiger partial charge in [-0.3, -0.25) is 0 Å². The van der Waals surface area contributed by atoms with Crippen molar-refractivity contribution < 1.29 is 4.74 Å². The topological polar surface area (TPSA) is 52.0 Å². The number of hydrogen-bond donors (Lipinski definition) is 1. The van der Waals surface area contributed by atoms with E-state index in [0.29, 0.717) is 6.04 Å². The molecule has 0 aromatic carbocycles. The van der Waals surface area contributed by atoms with Crippen LogP contribution in [-0.2, 0) is 11.8 Å². The predicted molar refractivity (Wildman–Crippen MR) is 72.7 cm³/mol. The summed E-state index contributed by atoms with van der Waals surface area (Å²) in [5, 5.41) is 11.9. The van der Waals surface area contributed by atoms with Gasteiger partial charge in [0.2, 0.25) is 0 Å². The minimum absolute atomic E-state index is 0.176. The Morgan fingerprint density at radius 1 is 1.47 bits per heavy atom. The Bertz CT molecular complexity index is 425. The van der Waals surface area contributed by atoms with E-state index < -0.39 is 0 Å². The fourth-order valence-electron chi connectivity index (χ4n) is 3.65. The van der Waals surface area contributed by atoms with Gasteiger partial charge in [-0.15, -0.1) is 10.2 Å². The standard InChI is InChI=1S/C14H24N4O/c1-11(13-17-15-10-18(13)2)16-12-5-8-19-14(9-12)6-3-4-7-14/h10-12,16H,3-9H2,1-2H3. The van der Waals surface area contributed by atoms with E-state index in [-0.39, 0.29) is 11.6 Å². The molecule has 2 unspecified atom stereocenters. The molecule has 0 bridgehead atoms. The van der Waals surface area contributed by atoms with Crippen LogP contribution < -0.4 is 5.32 Å². The quantitative estimate of drug-likeness (QED) is 0.906. The van der Waals surface area contributed by atoms with Gasteiger partial charge in [-0.2, -0.15) is 0 Å². The highest BCUT2D eigenvalue weighted by Crippen LogP contribution is 2.40. The second-order valence-electron chi connectivity index (χ2n) is 6.12. The number of ether oxygens (including phenoxy) is 1. The van der Waals surface area contributed by atoms with Crippen LogP contribution >= 0.6 is 0 Å². The summed E-state index contributed by atoms with van der Waals surface area (Å²) in [6, 6.07) is 0.785. The van der Waals surface area contributed by atoms with Crippen molar-refractivity contribution in [3.8, 4) is 0 Å². The molecule has 2 atom stereocenters. The Hall–Kier alpha value is -0.940. The first-order valence-corrected chi connectivity index (χ1v) is 7.42. The Morgan fingerprint density at radius 2 is 2.26 bits per heavy atom. The fourth-order valence-corrected chi connectivity index (χ4v) is 3.65. The maximum Gasteiger partial charge on any atom is 0.149 e. The van der Waals surface area contributed by atoms with E-state index in [1.807, 2.05) is 11.6 Å². The minimum atomic E-state index is 0.176. The molecule has 2 aliphatic rings. The van der Waals surface area contributed by atoms with Crippen molar-refractivity contribution >= 4 is 0 Å². The molecule has 0 amide bonds. The number of nitrogens with one attached hydrogen (secondary N) is 1. The molecule has 1 saturated carbocycles. The number of aryl methyl sites for hydroxylation is 1. The first-order chi connectivity index (χ1) is 9.19. The van der Waals surface area contributed by atoms with Crippen molar-refractivity contribution in [1.29, 1.82) is 0 Å². The molecular formula is C14H24N4O. The lowest BCUT2D eigenvalue weighted by molar-refractivity contribution is -0.0847. The van der Waals surface area contributed by atoms with Crippen molar-refractivity contribution in [2.75, 3.05) is 6.61 Å². The van der Waals surface area contributed by atoms with Crippen LogP contribution in [0.2, 0.25) is 0 Å². The second kappa shape index (κ2) is 5.21. The highest BCUT2D eigenvalue weighted by molar-refractivity contribution is 4.97. The fraction of sp³-hybridized carbons (Fsp3) is 0.857. The highest BCUT2D eigenvalue weighted by atomic mass is 16.5. The Labute approximate surface area is 114 Å². The largest absolute Gasteiger partial charge is 0.375 e. The van der Waals surface area contributed by atoms with Crippen LogP contribution in [0.4, 0.5) is 0 Å². The SMILES string of the molecule is CC(NC1CCOC2(CCCC2)C1)c1nncn1C. The zero-order chi connectivity index (χ0) is 13.3. The van der Waals surface area contributed by atoms with E-state index >= 15 is 0 Å². The van der Waals surface area contributed by atoms with Crippen molar-refractivity contribution in [3.05, 3.63) is 12.2 Å². The van der Waals surface area contributed by atoms with Gasteiger partial charge in [-0.05, 0) is 32.6 Å². The van der Waals surface area contributed by atoms with E-state index in [1.54, 1.807) is 6.33 Å². The first-order valence-electron chi connectivity index (χ1n) is 7.42. The lowest BCUT2D eigenvalue weighted by Crippen LogP contribution is -2.46. The van der Waals surface area contributed by atoms with E-state index in [2.05, 4.69) is 22.4 Å². The normalized spacial score (nSPS) is 27.8. The molecule has 19 heavy (non-hydrogen) atoms. The van der Waals surface area contributed by atoms with Crippen molar-refractivity contribution in [3.63, 3.8) is 0 Å². The molecular weight excluding hydrogens is 240 g/mol.